The minimum atomic E-state index is 0.130. The molecule has 0 N–H and O–H groups in total. The topological polar surface area (TPSA) is 20.3 Å². The highest BCUT2D eigenvalue weighted by atomic mass is 79.9. The predicted molar refractivity (Wildman–Crippen MR) is 126 cm³/mol. The average molecular weight is 456 g/mol. The van der Waals surface area contributed by atoms with Crippen molar-refractivity contribution in [1.29, 1.82) is 0 Å². The minimum absolute atomic E-state index is 0.130. The molecule has 3 rings (SSSR count). The van der Waals surface area contributed by atoms with Gasteiger partial charge in [0.05, 0.1) is 32.9 Å². The molecule has 0 radical (unpaired) electrons. The highest BCUT2D eigenvalue weighted by Crippen LogP contribution is 2.34. The Hall–Kier alpha value is -1.91. The molecule has 3 nitrogen and oxygen atoms in total. The standard InChI is InChI=1S/C25H32BrN2O/c1-28(2,18-10-4-9-16-26)19-11-17-27-24(20-21-12-5-3-6-13-21)22-14-7-8-15-23(22)25(27)29/h3,5-8,12-15,20H,4,9-11,16-19H2,1-2H3/q+1/b24-20+. The van der Waals surface area contributed by atoms with Crippen LogP contribution in [-0.4, -0.2) is 54.3 Å². The summed E-state index contributed by atoms with van der Waals surface area (Å²) < 4.78 is 1.01. The number of carbonyl (C=O) groups is 1. The molecule has 0 aromatic heterocycles. The SMILES string of the molecule is C[N+](C)(CCCCCBr)CCCN1C(=O)c2ccccc2/C1=C\c1ccccc1. The van der Waals surface area contributed by atoms with Crippen LogP contribution in [0.2, 0.25) is 0 Å². The number of unbranched alkanes of at least 4 members (excludes halogenated alkanes) is 2. The van der Waals surface area contributed by atoms with Crippen molar-refractivity contribution in [2.24, 2.45) is 0 Å². The summed E-state index contributed by atoms with van der Waals surface area (Å²) in [5.74, 6) is 0.130. The highest BCUT2D eigenvalue weighted by Gasteiger charge is 2.31. The summed E-state index contributed by atoms with van der Waals surface area (Å²) >= 11 is 3.51. The summed E-state index contributed by atoms with van der Waals surface area (Å²) in [7, 11) is 4.60. The van der Waals surface area contributed by atoms with Crippen LogP contribution < -0.4 is 0 Å². The summed E-state index contributed by atoms with van der Waals surface area (Å²) in [6, 6.07) is 18.2. The first kappa shape index (κ1) is 21.8. The number of quaternary nitrogens is 1. The first-order chi connectivity index (χ1) is 14.0. The number of halogens is 1. The molecule has 1 amide bonds. The van der Waals surface area contributed by atoms with Crippen LogP contribution in [0.5, 0.6) is 0 Å². The van der Waals surface area contributed by atoms with Crippen molar-refractivity contribution in [3.8, 4) is 0 Å². The van der Waals surface area contributed by atoms with Gasteiger partial charge in [0.25, 0.3) is 5.91 Å². The lowest BCUT2D eigenvalue weighted by Crippen LogP contribution is -2.42. The molecule has 1 heterocycles. The maximum atomic E-state index is 13.1. The van der Waals surface area contributed by atoms with Gasteiger partial charge in [0.1, 0.15) is 0 Å². The quantitative estimate of drug-likeness (QED) is 0.256. The van der Waals surface area contributed by atoms with Gasteiger partial charge in [0.2, 0.25) is 0 Å². The van der Waals surface area contributed by atoms with E-state index in [2.05, 4.69) is 54.3 Å². The number of carbonyl (C=O) groups excluding carboxylic acids is 1. The number of hydrogen-bond acceptors (Lipinski definition) is 1. The van der Waals surface area contributed by atoms with Crippen molar-refractivity contribution in [2.75, 3.05) is 39.1 Å². The number of benzene rings is 2. The Morgan fingerprint density at radius 3 is 2.24 bits per heavy atom. The van der Waals surface area contributed by atoms with Gasteiger partial charge in [-0.05, 0) is 37.0 Å². The molecule has 0 unspecified atom stereocenters. The summed E-state index contributed by atoms with van der Waals surface area (Å²) in [5, 5.41) is 1.09. The van der Waals surface area contributed by atoms with Gasteiger partial charge in [-0.3, -0.25) is 4.79 Å². The Bertz CT molecular complexity index is 845. The van der Waals surface area contributed by atoms with Crippen LogP contribution in [0.4, 0.5) is 0 Å². The molecule has 0 saturated carbocycles. The fraction of sp³-hybridized carbons (Fsp3) is 0.400. The van der Waals surface area contributed by atoms with E-state index >= 15 is 0 Å². The Balaban J connectivity index is 1.69. The van der Waals surface area contributed by atoms with Crippen molar-refractivity contribution >= 4 is 33.6 Å². The molecule has 1 aliphatic heterocycles. The van der Waals surface area contributed by atoms with Gasteiger partial charge in [-0.1, -0.05) is 64.5 Å². The van der Waals surface area contributed by atoms with Crippen LogP contribution >= 0.6 is 15.9 Å². The monoisotopic (exact) mass is 455 g/mol. The van der Waals surface area contributed by atoms with E-state index < -0.39 is 0 Å². The van der Waals surface area contributed by atoms with E-state index in [9.17, 15) is 4.79 Å². The normalized spacial score (nSPS) is 15.2. The van der Waals surface area contributed by atoms with Gasteiger partial charge >= 0.3 is 0 Å². The van der Waals surface area contributed by atoms with Crippen molar-refractivity contribution < 1.29 is 9.28 Å². The van der Waals surface area contributed by atoms with E-state index in [-0.39, 0.29) is 5.91 Å². The van der Waals surface area contributed by atoms with Crippen LogP contribution in [0.3, 0.4) is 0 Å². The molecule has 2 aromatic rings. The van der Waals surface area contributed by atoms with Gasteiger partial charge in [-0.25, -0.2) is 0 Å². The number of nitrogens with zero attached hydrogens (tertiary/aromatic N) is 2. The fourth-order valence-corrected chi connectivity index (χ4v) is 4.35. The molecule has 29 heavy (non-hydrogen) atoms. The van der Waals surface area contributed by atoms with Gasteiger partial charge < -0.3 is 9.38 Å². The second-order valence-electron chi connectivity index (χ2n) is 8.43. The molecule has 0 aliphatic carbocycles. The van der Waals surface area contributed by atoms with Crippen molar-refractivity contribution in [2.45, 2.75) is 25.7 Å². The maximum absolute atomic E-state index is 13.1. The lowest BCUT2D eigenvalue weighted by Gasteiger charge is -2.31. The lowest BCUT2D eigenvalue weighted by atomic mass is 10.1. The van der Waals surface area contributed by atoms with E-state index in [1.54, 1.807) is 0 Å². The zero-order valence-corrected chi connectivity index (χ0v) is 19.2. The molecular formula is C25H32BrN2O+. The molecule has 2 aromatic carbocycles. The average Bonchev–Trinajstić information content (AvgIpc) is 2.98. The largest absolute Gasteiger partial charge is 0.328 e. The molecule has 0 saturated heterocycles. The maximum Gasteiger partial charge on any atom is 0.258 e. The third-order valence-electron chi connectivity index (χ3n) is 5.61. The van der Waals surface area contributed by atoms with E-state index in [0.29, 0.717) is 0 Å². The Morgan fingerprint density at radius 2 is 1.52 bits per heavy atom. The highest BCUT2D eigenvalue weighted by molar-refractivity contribution is 9.09. The van der Waals surface area contributed by atoms with E-state index in [1.807, 2.05) is 41.3 Å². The minimum Gasteiger partial charge on any atom is -0.328 e. The van der Waals surface area contributed by atoms with Crippen LogP contribution in [0.25, 0.3) is 11.8 Å². The van der Waals surface area contributed by atoms with Crippen molar-refractivity contribution in [1.82, 2.24) is 4.90 Å². The van der Waals surface area contributed by atoms with E-state index in [1.165, 1.54) is 25.8 Å². The zero-order valence-electron chi connectivity index (χ0n) is 17.6. The summed E-state index contributed by atoms with van der Waals surface area (Å²) in [4.78, 5) is 15.0. The predicted octanol–water partition coefficient (Wildman–Crippen LogP) is 5.67. The summed E-state index contributed by atoms with van der Waals surface area (Å²) in [6.45, 7) is 3.02. The smallest absolute Gasteiger partial charge is 0.258 e. The van der Waals surface area contributed by atoms with Gasteiger partial charge in [-0.15, -0.1) is 0 Å². The summed E-state index contributed by atoms with van der Waals surface area (Å²) in [6.07, 6.45) is 6.91. The molecule has 0 bridgehead atoms. The molecule has 4 heteroatoms. The van der Waals surface area contributed by atoms with Crippen LogP contribution in [-0.2, 0) is 0 Å². The molecule has 0 spiro atoms. The number of fused-ring (bicyclic) bond motifs is 1. The van der Waals surface area contributed by atoms with Gasteiger partial charge in [0, 0.05) is 29.4 Å². The Kier molecular flexibility index (Phi) is 7.68. The molecule has 0 fully saturated rings. The van der Waals surface area contributed by atoms with Crippen LogP contribution in [0, 0.1) is 0 Å². The van der Waals surface area contributed by atoms with E-state index in [0.717, 1.165) is 51.7 Å². The van der Waals surface area contributed by atoms with Crippen molar-refractivity contribution in [3.05, 3.63) is 71.3 Å². The molecule has 154 valence electrons. The second kappa shape index (κ2) is 10.2. The zero-order chi connectivity index (χ0) is 20.7. The van der Waals surface area contributed by atoms with Crippen LogP contribution in [0.1, 0.15) is 47.2 Å². The lowest BCUT2D eigenvalue weighted by molar-refractivity contribution is -0.890. The van der Waals surface area contributed by atoms with Crippen LogP contribution in [0.15, 0.2) is 54.6 Å². The number of alkyl halides is 1. The third kappa shape index (κ3) is 5.80. The number of amides is 1. The van der Waals surface area contributed by atoms with Crippen molar-refractivity contribution in [3.63, 3.8) is 0 Å². The number of hydrogen-bond donors (Lipinski definition) is 0. The first-order valence-electron chi connectivity index (χ1n) is 10.6. The Labute approximate surface area is 183 Å². The Morgan fingerprint density at radius 1 is 0.862 bits per heavy atom. The van der Waals surface area contributed by atoms with Gasteiger partial charge in [-0.2, -0.15) is 0 Å². The first-order valence-corrected chi connectivity index (χ1v) is 11.7. The molecule has 0 atom stereocenters. The summed E-state index contributed by atoms with van der Waals surface area (Å²) in [5.41, 5.74) is 4.02. The number of rotatable bonds is 10. The van der Waals surface area contributed by atoms with Gasteiger partial charge in [0.15, 0.2) is 0 Å². The molecular weight excluding hydrogens is 424 g/mol. The van der Waals surface area contributed by atoms with E-state index in [4.69, 9.17) is 0 Å². The third-order valence-corrected chi connectivity index (χ3v) is 6.18. The molecule has 1 aliphatic rings. The fourth-order valence-electron chi connectivity index (χ4n) is 3.96. The second-order valence-corrected chi connectivity index (χ2v) is 9.22.